The standard InChI is InChI=1S/C45H76N2O12/c1-12-14-15-19-23-36(48)58-39-31(6)41(59-43-38(49)34(47(10)11)26-29(4)56-43)44(8,52)27-28(3)37(46-55-25-20-24-54-33-21-17-16-18-22-33)30(5)40(50)45(9,53)35(13-2)57-42(51)32(39)7/h16-18,21-22,28-32,34-35,38-41,43,49-50,52-53H,12-15,19-20,23-27H2,1-11H3/b46-37+/t28-,29-,30-,31+,32-,34+,35+,38-,39+,40-,41-,43+,44?,45-/m1/s1. The van der Waals surface area contributed by atoms with Crippen LogP contribution in [0, 0.1) is 23.7 Å². The minimum absolute atomic E-state index is 0.0102. The van der Waals surface area contributed by atoms with Gasteiger partial charge in [0.2, 0.25) is 0 Å². The summed E-state index contributed by atoms with van der Waals surface area (Å²) in [5, 5.41) is 52.6. The van der Waals surface area contributed by atoms with Crippen LogP contribution >= 0.6 is 0 Å². The number of ether oxygens (including phenoxy) is 5. The minimum atomic E-state index is -1.95. The molecule has 0 spiro atoms. The highest BCUT2D eigenvalue weighted by atomic mass is 16.7. The lowest BCUT2D eigenvalue weighted by Crippen LogP contribution is -2.60. The van der Waals surface area contributed by atoms with Gasteiger partial charge in [0, 0.05) is 36.6 Å². The third kappa shape index (κ3) is 14.1. The number of aliphatic hydroxyl groups is 4. The molecule has 1 unspecified atom stereocenters. The number of carbonyl (C=O) groups excluding carboxylic acids is 2. The van der Waals surface area contributed by atoms with Crippen LogP contribution in [0.5, 0.6) is 5.75 Å². The van der Waals surface area contributed by atoms with E-state index in [2.05, 4.69) is 12.1 Å². The van der Waals surface area contributed by atoms with Gasteiger partial charge >= 0.3 is 11.9 Å². The number of rotatable bonds is 16. The van der Waals surface area contributed by atoms with Crippen LogP contribution in [0.4, 0.5) is 0 Å². The van der Waals surface area contributed by atoms with Crippen molar-refractivity contribution in [3.63, 3.8) is 0 Å². The first-order valence-electron chi connectivity index (χ1n) is 21.8. The molecular formula is C45H76N2O12. The quantitative estimate of drug-likeness (QED) is 0.0910. The molecule has 4 N–H and O–H groups in total. The van der Waals surface area contributed by atoms with Crippen molar-refractivity contribution >= 4 is 17.7 Å². The summed E-state index contributed by atoms with van der Waals surface area (Å²) in [6, 6.07) is 9.09. The molecule has 0 aromatic heterocycles. The molecule has 2 saturated heterocycles. The van der Waals surface area contributed by atoms with Gasteiger partial charge in [-0.1, -0.05) is 77.2 Å². The van der Waals surface area contributed by atoms with Crippen molar-refractivity contribution in [2.45, 2.75) is 180 Å². The summed E-state index contributed by atoms with van der Waals surface area (Å²) in [6.45, 7) is 16.1. The molecule has 0 aliphatic carbocycles. The zero-order chi connectivity index (χ0) is 44.1. The van der Waals surface area contributed by atoms with Crippen molar-refractivity contribution in [2.75, 3.05) is 27.3 Å². The first kappa shape index (κ1) is 50.5. The molecule has 14 atom stereocenters. The van der Waals surface area contributed by atoms with Gasteiger partial charge < -0.3 is 53.8 Å². The van der Waals surface area contributed by atoms with Crippen LogP contribution < -0.4 is 4.74 Å². The number of benzene rings is 1. The molecule has 1 aromatic rings. The van der Waals surface area contributed by atoms with E-state index in [1.165, 1.54) is 6.92 Å². The van der Waals surface area contributed by atoms with Gasteiger partial charge in [0.15, 0.2) is 6.29 Å². The summed E-state index contributed by atoms with van der Waals surface area (Å²) in [4.78, 5) is 35.4. The van der Waals surface area contributed by atoms with E-state index in [1.54, 1.807) is 34.6 Å². The molecule has 1 aromatic carbocycles. The van der Waals surface area contributed by atoms with E-state index in [1.807, 2.05) is 63.2 Å². The molecule has 2 aliphatic heterocycles. The van der Waals surface area contributed by atoms with Crippen molar-refractivity contribution < 1.29 is 58.5 Å². The molecule has 14 nitrogen and oxygen atoms in total. The number of esters is 2. The van der Waals surface area contributed by atoms with Gasteiger partial charge in [-0.25, -0.2) is 0 Å². The number of likely N-dealkylation sites (N-methyl/N-ethyl adjacent to an activating group) is 1. The zero-order valence-corrected chi connectivity index (χ0v) is 37.5. The Morgan fingerprint density at radius 3 is 2.25 bits per heavy atom. The van der Waals surface area contributed by atoms with Crippen LogP contribution in [0.25, 0.3) is 0 Å². The van der Waals surface area contributed by atoms with Crippen LogP contribution in [0.3, 0.4) is 0 Å². The molecule has 338 valence electrons. The first-order chi connectivity index (χ1) is 27.8. The Hall–Kier alpha value is -2.85. The van der Waals surface area contributed by atoms with Gasteiger partial charge in [-0.15, -0.1) is 0 Å². The Morgan fingerprint density at radius 1 is 0.949 bits per heavy atom. The summed E-state index contributed by atoms with van der Waals surface area (Å²) in [6.07, 6.45) is -2.85. The minimum Gasteiger partial charge on any atom is -0.493 e. The second-order valence-electron chi connectivity index (χ2n) is 17.7. The predicted molar refractivity (Wildman–Crippen MR) is 225 cm³/mol. The van der Waals surface area contributed by atoms with Crippen molar-refractivity contribution in [1.82, 2.24) is 4.90 Å². The van der Waals surface area contributed by atoms with Crippen LogP contribution in [0.15, 0.2) is 35.5 Å². The number of aliphatic hydroxyl groups excluding tert-OH is 2. The molecule has 2 aliphatic rings. The first-order valence-corrected chi connectivity index (χ1v) is 21.8. The van der Waals surface area contributed by atoms with Crippen molar-refractivity contribution in [3.8, 4) is 5.75 Å². The predicted octanol–water partition coefficient (Wildman–Crippen LogP) is 5.65. The SMILES string of the molecule is CCCCCCC(=O)O[C@H]1[C@H](C)[C@@H](O[C@@H]2O[C@H](C)C[C@H](N(C)C)[C@H]2O)C(C)(O)C[C@@H](C)/C(=N\OCCCOc2ccccc2)[C@@H](C)[C@@H](O)[C@](C)(O)[C@H](CC)OC(=O)[C@@H]1C. The molecule has 0 bridgehead atoms. The number of nitrogens with zero attached hydrogens (tertiary/aromatic N) is 2. The fraction of sp³-hybridized carbons (Fsp3) is 0.800. The molecular weight excluding hydrogens is 760 g/mol. The maximum Gasteiger partial charge on any atom is 0.312 e. The number of unbranched alkanes of at least 4 members (excludes halogenated alkanes) is 3. The number of hydrogen-bond donors (Lipinski definition) is 4. The average molecular weight is 837 g/mol. The molecule has 3 rings (SSSR count). The summed E-state index contributed by atoms with van der Waals surface area (Å²) < 4.78 is 30.8. The summed E-state index contributed by atoms with van der Waals surface area (Å²) in [5.74, 6) is -3.92. The van der Waals surface area contributed by atoms with Gasteiger partial charge in [-0.3, -0.25) is 9.59 Å². The molecule has 2 fully saturated rings. The molecule has 0 radical (unpaired) electrons. The van der Waals surface area contributed by atoms with Crippen molar-refractivity contribution in [3.05, 3.63) is 30.3 Å². The number of hydrogen-bond acceptors (Lipinski definition) is 14. The van der Waals surface area contributed by atoms with E-state index in [-0.39, 0.29) is 38.0 Å². The monoisotopic (exact) mass is 837 g/mol. The third-order valence-electron chi connectivity index (χ3n) is 12.1. The second kappa shape index (κ2) is 23.4. The van der Waals surface area contributed by atoms with Crippen LogP contribution in [-0.4, -0.2) is 130 Å². The third-order valence-corrected chi connectivity index (χ3v) is 12.1. The average Bonchev–Trinajstić information content (AvgIpc) is 3.18. The van der Waals surface area contributed by atoms with E-state index < -0.39 is 83.6 Å². The summed E-state index contributed by atoms with van der Waals surface area (Å²) >= 11 is 0. The fourth-order valence-electron chi connectivity index (χ4n) is 8.65. The second-order valence-corrected chi connectivity index (χ2v) is 17.7. The number of oxime groups is 1. The Kier molecular flexibility index (Phi) is 20.0. The summed E-state index contributed by atoms with van der Waals surface area (Å²) in [5.41, 5.74) is -3.35. The number of para-hydroxylation sites is 1. The molecule has 14 heteroatoms. The van der Waals surface area contributed by atoms with Crippen molar-refractivity contribution in [2.24, 2.45) is 28.8 Å². The molecule has 2 heterocycles. The maximum absolute atomic E-state index is 14.1. The Bertz CT molecular complexity index is 1440. The maximum atomic E-state index is 14.1. The van der Waals surface area contributed by atoms with E-state index in [9.17, 15) is 30.0 Å². The van der Waals surface area contributed by atoms with Crippen LogP contribution in [-0.2, 0) is 33.4 Å². The van der Waals surface area contributed by atoms with E-state index in [0.717, 1.165) is 25.0 Å². The van der Waals surface area contributed by atoms with Gasteiger partial charge in [-0.05, 0) is 79.6 Å². The van der Waals surface area contributed by atoms with E-state index in [0.29, 0.717) is 31.6 Å². The van der Waals surface area contributed by atoms with Crippen molar-refractivity contribution in [1.29, 1.82) is 0 Å². The fourth-order valence-corrected chi connectivity index (χ4v) is 8.65. The van der Waals surface area contributed by atoms with Gasteiger partial charge in [-0.2, -0.15) is 0 Å². The van der Waals surface area contributed by atoms with E-state index in [4.69, 9.17) is 28.5 Å². The molecule has 0 saturated carbocycles. The number of carbonyl (C=O) groups is 2. The van der Waals surface area contributed by atoms with Crippen LogP contribution in [0.1, 0.15) is 120 Å². The lowest BCUT2D eigenvalue weighted by molar-refractivity contribution is -0.299. The lowest BCUT2D eigenvalue weighted by atomic mass is 9.73. The van der Waals surface area contributed by atoms with Crippen LogP contribution in [0.2, 0.25) is 0 Å². The number of cyclic esters (lactones) is 1. The molecule has 59 heavy (non-hydrogen) atoms. The van der Waals surface area contributed by atoms with E-state index >= 15 is 0 Å². The Labute approximate surface area is 352 Å². The van der Waals surface area contributed by atoms with Gasteiger partial charge in [0.05, 0.1) is 42.1 Å². The normalized spacial score (nSPS) is 37.1. The molecule has 0 amide bonds. The largest absolute Gasteiger partial charge is 0.493 e. The summed E-state index contributed by atoms with van der Waals surface area (Å²) in [7, 11) is 3.73. The lowest BCUT2D eigenvalue weighted by Gasteiger charge is -2.47. The Balaban J connectivity index is 2.10. The highest BCUT2D eigenvalue weighted by Crippen LogP contribution is 2.39. The highest BCUT2D eigenvalue weighted by molar-refractivity contribution is 5.88. The van der Waals surface area contributed by atoms with Gasteiger partial charge in [0.25, 0.3) is 0 Å². The topological polar surface area (TPSA) is 186 Å². The zero-order valence-electron chi connectivity index (χ0n) is 37.5. The van der Waals surface area contributed by atoms with Gasteiger partial charge in [0.1, 0.15) is 36.3 Å². The Morgan fingerprint density at radius 2 is 1.63 bits per heavy atom. The smallest absolute Gasteiger partial charge is 0.312 e. The highest BCUT2D eigenvalue weighted by Gasteiger charge is 2.52.